The van der Waals surface area contributed by atoms with Crippen LogP contribution < -0.4 is 10.9 Å². The van der Waals surface area contributed by atoms with Crippen molar-refractivity contribution in [1.82, 2.24) is 9.97 Å². The molecule has 0 radical (unpaired) electrons. The Morgan fingerprint density at radius 3 is 2.75 bits per heavy atom. The summed E-state index contributed by atoms with van der Waals surface area (Å²) in [6.45, 7) is 0. The monoisotopic (exact) mass is 292 g/mol. The quantitative estimate of drug-likeness (QED) is 0.725. The predicted octanol–water partition coefficient (Wildman–Crippen LogP) is 2.03. The van der Waals surface area contributed by atoms with Gasteiger partial charge in [0.15, 0.2) is 0 Å². The Hall–Kier alpha value is -1.30. The molecule has 5 nitrogen and oxygen atoms in total. The highest BCUT2D eigenvalue weighted by molar-refractivity contribution is 7.99. The van der Waals surface area contributed by atoms with Gasteiger partial charge in [-0.1, -0.05) is 0 Å². The maximum absolute atomic E-state index is 12.0. The van der Waals surface area contributed by atoms with E-state index in [2.05, 4.69) is 15.3 Å². The smallest absolute Gasteiger partial charge is 0.261 e. The molecule has 1 aliphatic heterocycles. The van der Waals surface area contributed by atoms with Crippen LogP contribution in [0.15, 0.2) is 4.79 Å². The van der Waals surface area contributed by atoms with E-state index in [4.69, 9.17) is 5.41 Å². The van der Waals surface area contributed by atoms with Crippen LogP contribution in [-0.4, -0.2) is 33.7 Å². The molecular weight excluding hydrogens is 272 g/mol. The van der Waals surface area contributed by atoms with E-state index in [1.165, 1.54) is 12.8 Å². The molecule has 108 valence electrons. The van der Waals surface area contributed by atoms with Crippen molar-refractivity contribution in [2.45, 2.75) is 38.1 Å². The zero-order valence-electron chi connectivity index (χ0n) is 11.4. The first-order chi connectivity index (χ1) is 9.76. The standard InChI is InChI=1S/C14H20N4OS/c15-8-11-13(16-10-3-5-20-6-4-10)17-12(18-14(11)19)7-9-1-2-9/h8-10,15H,1-7H2,(H2,16,17,18,19). The van der Waals surface area contributed by atoms with Crippen molar-refractivity contribution in [3.8, 4) is 0 Å². The SMILES string of the molecule is N=Cc1c(NC2CCSCC2)nc(CC2CC2)[nH]c1=O. The summed E-state index contributed by atoms with van der Waals surface area (Å²) in [5.41, 5.74) is 0.154. The summed E-state index contributed by atoms with van der Waals surface area (Å²) in [6, 6.07) is 0.373. The van der Waals surface area contributed by atoms with Gasteiger partial charge in [0.1, 0.15) is 11.6 Å². The van der Waals surface area contributed by atoms with Crippen LogP contribution in [-0.2, 0) is 6.42 Å². The number of hydrogen-bond acceptors (Lipinski definition) is 5. The number of aromatic amines is 1. The Balaban J connectivity index is 1.83. The van der Waals surface area contributed by atoms with E-state index >= 15 is 0 Å². The average Bonchev–Trinajstić information content (AvgIpc) is 3.24. The van der Waals surface area contributed by atoms with Gasteiger partial charge in [0.25, 0.3) is 5.56 Å². The molecule has 20 heavy (non-hydrogen) atoms. The molecule has 1 saturated carbocycles. The molecular formula is C14H20N4OS. The van der Waals surface area contributed by atoms with Crippen LogP contribution >= 0.6 is 11.8 Å². The Morgan fingerprint density at radius 2 is 2.10 bits per heavy atom. The van der Waals surface area contributed by atoms with Gasteiger partial charge in [-0.15, -0.1) is 0 Å². The topological polar surface area (TPSA) is 81.6 Å². The zero-order valence-corrected chi connectivity index (χ0v) is 12.3. The molecule has 6 heteroatoms. The van der Waals surface area contributed by atoms with Crippen molar-refractivity contribution < 1.29 is 0 Å². The van der Waals surface area contributed by atoms with Gasteiger partial charge in [0.05, 0.1) is 5.56 Å². The average molecular weight is 292 g/mol. The van der Waals surface area contributed by atoms with E-state index in [9.17, 15) is 4.79 Å². The van der Waals surface area contributed by atoms with Crippen molar-refractivity contribution in [3.05, 3.63) is 21.7 Å². The third-order valence-electron chi connectivity index (χ3n) is 3.89. The van der Waals surface area contributed by atoms with Gasteiger partial charge in [0.2, 0.25) is 0 Å². The molecule has 2 heterocycles. The second-order valence-corrected chi connectivity index (χ2v) is 6.82. The molecule has 1 saturated heterocycles. The first-order valence-corrected chi connectivity index (χ1v) is 8.39. The summed E-state index contributed by atoms with van der Waals surface area (Å²) in [5.74, 6) is 4.33. The molecule has 0 bridgehead atoms. The molecule has 2 aliphatic rings. The van der Waals surface area contributed by atoms with E-state index in [0.29, 0.717) is 23.3 Å². The number of thioether (sulfide) groups is 1. The third-order valence-corrected chi connectivity index (χ3v) is 4.94. The first kappa shape index (κ1) is 13.7. The molecule has 0 unspecified atom stereocenters. The lowest BCUT2D eigenvalue weighted by Crippen LogP contribution is -2.28. The lowest BCUT2D eigenvalue weighted by molar-refractivity contribution is 0.660. The molecule has 0 spiro atoms. The number of anilines is 1. The Labute approximate surface area is 122 Å². The van der Waals surface area contributed by atoms with Gasteiger partial charge in [-0.2, -0.15) is 11.8 Å². The van der Waals surface area contributed by atoms with Crippen LogP contribution in [0.4, 0.5) is 5.82 Å². The van der Waals surface area contributed by atoms with Crippen molar-refractivity contribution in [1.29, 1.82) is 5.41 Å². The Bertz CT molecular complexity index is 547. The van der Waals surface area contributed by atoms with Crippen LogP contribution in [0.5, 0.6) is 0 Å². The fourth-order valence-electron chi connectivity index (χ4n) is 2.50. The minimum Gasteiger partial charge on any atom is -0.367 e. The van der Waals surface area contributed by atoms with Crippen LogP contribution in [0, 0.1) is 11.3 Å². The lowest BCUT2D eigenvalue weighted by Gasteiger charge is -2.23. The van der Waals surface area contributed by atoms with Crippen molar-refractivity contribution in [2.24, 2.45) is 5.92 Å². The van der Waals surface area contributed by atoms with E-state index in [1.54, 1.807) is 0 Å². The minimum atomic E-state index is -0.196. The van der Waals surface area contributed by atoms with E-state index < -0.39 is 0 Å². The second kappa shape index (κ2) is 5.99. The number of rotatable bonds is 5. The van der Waals surface area contributed by atoms with Gasteiger partial charge in [-0.05, 0) is 43.1 Å². The molecule has 0 amide bonds. The van der Waals surface area contributed by atoms with Gasteiger partial charge < -0.3 is 15.7 Å². The highest BCUT2D eigenvalue weighted by Gasteiger charge is 2.24. The van der Waals surface area contributed by atoms with Crippen molar-refractivity contribution in [2.75, 3.05) is 16.8 Å². The van der Waals surface area contributed by atoms with Gasteiger partial charge >= 0.3 is 0 Å². The number of nitrogens with zero attached hydrogens (tertiary/aromatic N) is 1. The lowest BCUT2D eigenvalue weighted by atomic mass is 10.1. The van der Waals surface area contributed by atoms with Crippen LogP contribution in [0.1, 0.15) is 37.1 Å². The number of nitrogens with one attached hydrogen (secondary N) is 3. The zero-order chi connectivity index (χ0) is 13.9. The van der Waals surface area contributed by atoms with E-state index in [-0.39, 0.29) is 5.56 Å². The molecule has 1 aromatic rings. The maximum Gasteiger partial charge on any atom is 0.261 e. The normalized spacial score (nSPS) is 19.8. The highest BCUT2D eigenvalue weighted by Crippen LogP contribution is 2.31. The van der Waals surface area contributed by atoms with Gasteiger partial charge in [-0.3, -0.25) is 4.79 Å². The van der Waals surface area contributed by atoms with Crippen LogP contribution in [0.25, 0.3) is 0 Å². The highest BCUT2D eigenvalue weighted by atomic mass is 32.2. The van der Waals surface area contributed by atoms with Crippen molar-refractivity contribution in [3.63, 3.8) is 0 Å². The molecule has 3 rings (SSSR count). The predicted molar refractivity (Wildman–Crippen MR) is 83.1 cm³/mol. The molecule has 1 aliphatic carbocycles. The summed E-state index contributed by atoms with van der Waals surface area (Å²) < 4.78 is 0. The number of aromatic nitrogens is 2. The number of H-pyrrole nitrogens is 1. The fourth-order valence-corrected chi connectivity index (χ4v) is 3.61. The van der Waals surface area contributed by atoms with Crippen molar-refractivity contribution >= 4 is 23.8 Å². The fraction of sp³-hybridized carbons (Fsp3) is 0.643. The molecule has 1 aromatic heterocycles. The Kier molecular flexibility index (Phi) is 4.10. The molecule has 3 N–H and O–H groups in total. The van der Waals surface area contributed by atoms with E-state index in [1.807, 2.05) is 11.8 Å². The third kappa shape index (κ3) is 3.23. The Morgan fingerprint density at radius 1 is 1.35 bits per heavy atom. The summed E-state index contributed by atoms with van der Waals surface area (Å²) >= 11 is 1.97. The first-order valence-electron chi connectivity index (χ1n) is 7.24. The summed E-state index contributed by atoms with van der Waals surface area (Å²) in [4.78, 5) is 19.4. The van der Waals surface area contributed by atoms with Crippen LogP contribution in [0.3, 0.4) is 0 Å². The maximum atomic E-state index is 12.0. The summed E-state index contributed by atoms with van der Waals surface area (Å²) in [5, 5.41) is 10.8. The summed E-state index contributed by atoms with van der Waals surface area (Å²) in [6.07, 6.45) is 6.61. The van der Waals surface area contributed by atoms with Gasteiger partial charge in [-0.25, -0.2) is 4.98 Å². The summed E-state index contributed by atoms with van der Waals surface area (Å²) in [7, 11) is 0. The largest absolute Gasteiger partial charge is 0.367 e. The molecule has 0 aromatic carbocycles. The molecule has 2 fully saturated rings. The van der Waals surface area contributed by atoms with Crippen LogP contribution in [0.2, 0.25) is 0 Å². The second-order valence-electron chi connectivity index (χ2n) is 5.60. The van der Waals surface area contributed by atoms with Gasteiger partial charge in [0, 0.05) is 18.7 Å². The number of hydrogen-bond donors (Lipinski definition) is 3. The molecule has 0 atom stereocenters. The minimum absolute atomic E-state index is 0.196. The van der Waals surface area contributed by atoms with E-state index in [0.717, 1.165) is 42.8 Å².